The maximum Gasteiger partial charge on any atom is 0.335 e. The first-order chi connectivity index (χ1) is 17.4. The van der Waals surface area contributed by atoms with Crippen molar-refractivity contribution in [3.8, 4) is 0 Å². The van der Waals surface area contributed by atoms with Gasteiger partial charge in [0.2, 0.25) is 20.0 Å². The van der Waals surface area contributed by atoms with Crippen LogP contribution < -0.4 is 4.72 Å². The lowest BCUT2D eigenvalue weighted by molar-refractivity contribution is 0.0685. The molecule has 0 spiro atoms. The molecule has 1 heterocycles. The van der Waals surface area contributed by atoms with E-state index in [2.05, 4.69) is 4.72 Å². The molecule has 1 aliphatic heterocycles. The van der Waals surface area contributed by atoms with Crippen LogP contribution in [0.3, 0.4) is 0 Å². The van der Waals surface area contributed by atoms with E-state index in [-0.39, 0.29) is 44.2 Å². The van der Waals surface area contributed by atoms with Crippen LogP contribution in [0.15, 0.2) is 46.2 Å². The highest BCUT2D eigenvalue weighted by molar-refractivity contribution is 7.92. The van der Waals surface area contributed by atoms with Crippen molar-refractivity contribution in [3.05, 3.63) is 58.7 Å². The van der Waals surface area contributed by atoms with Crippen LogP contribution in [-0.2, 0) is 29.9 Å². The molecule has 1 atom stereocenters. The number of aryl methyl sites for hydroxylation is 2. The van der Waals surface area contributed by atoms with Crippen molar-refractivity contribution < 1.29 is 45.1 Å². The summed E-state index contributed by atoms with van der Waals surface area (Å²) in [5.41, 5.74) is -1.47. The van der Waals surface area contributed by atoms with E-state index in [9.17, 15) is 45.1 Å². The third-order valence-electron chi connectivity index (χ3n) is 6.42. The number of sulfone groups is 1. The number of aromatic carboxylic acids is 2. The first-order valence-electron chi connectivity index (χ1n) is 11.3. The van der Waals surface area contributed by atoms with E-state index < -0.39 is 66.2 Å². The molecule has 0 amide bonds. The first kappa shape index (κ1) is 29.7. The molecule has 0 aliphatic carbocycles. The molecule has 38 heavy (non-hydrogen) atoms. The molecule has 0 saturated carbocycles. The normalized spacial score (nSPS) is 19.5. The Kier molecular flexibility index (Phi) is 8.11. The molecule has 2 aromatic rings. The Morgan fingerprint density at radius 1 is 0.947 bits per heavy atom. The number of nitrogens with one attached hydrogen (secondary N) is 1. The molecular weight excluding hydrogens is 560 g/mol. The van der Waals surface area contributed by atoms with Crippen molar-refractivity contribution >= 4 is 41.8 Å². The molecule has 1 fully saturated rings. The molecular formula is C23H28N2O10S3. The van der Waals surface area contributed by atoms with Crippen molar-refractivity contribution in [3.63, 3.8) is 0 Å². The van der Waals surface area contributed by atoms with Crippen LogP contribution in [0.4, 0.5) is 0 Å². The second-order valence-electron chi connectivity index (χ2n) is 9.38. The summed E-state index contributed by atoms with van der Waals surface area (Å²) in [5.74, 6) is -3.44. The van der Waals surface area contributed by atoms with Gasteiger partial charge in [-0.2, -0.15) is 4.31 Å². The van der Waals surface area contributed by atoms with E-state index >= 15 is 0 Å². The number of hydrogen-bond donors (Lipinski definition) is 3. The minimum atomic E-state index is -4.50. The predicted octanol–water partition coefficient (Wildman–Crippen LogP) is 1.25. The van der Waals surface area contributed by atoms with Gasteiger partial charge in [0.05, 0.1) is 32.4 Å². The number of rotatable bonds is 10. The van der Waals surface area contributed by atoms with Crippen molar-refractivity contribution in [2.75, 3.05) is 24.6 Å². The van der Waals surface area contributed by atoms with E-state index in [0.29, 0.717) is 0 Å². The van der Waals surface area contributed by atoms with E-state index in [1.807, 2.05) is 0 Å². The van der Waals surface area contributed by atoms with Gasteiger partial charge >= 0.3 is 11.9 Å². The van der Waals surface area contributed by atoms with E-state index in [1.165, 1.54) is 45.0 Å². The molecule has 0 radical (unpaired) electrons. The monoisotopic (exact) mass is 588 g/mol. The summed E-state index contributed by atoms with van der Waals surface area (Å²) in [6, 6.07) is 7.11. The van der Waals surface area contributed by atoms with Crippen LogP contribution in [-0.4, -0.2) is 81.8 Å². The van der Waals surface area contributed by atoms with Gasteiger partial charge < -0.3 is 10.2 Å². The standard InChI is InChI=1S/C23H28N2O10S3/c1-15-4-6-17(21(26)27)12-19(15)37(32,33)24-9-10-25(23(3)8-11-36(30,31)14-23)38(34,35)20-13-18(22(28)29)7-5-16(20)2/h4-7,12-13,24H,8-11,14H2,1-3H3,(H,26,27)(H,28,29)/t23-/m1/s1. The van der Waals surface area contributed by atoms with Crippen LogP contribution in [0.2, 0.25) is 0 Å². The zero-order valence-electron chi connectivity index (χ0n) is 20.8. The molecule has 0 aromatic heterocycles. The van der Waals surface area contributed by atoms with Gasteiger partial charge in [0.1, 0.15) is 0 Å². The largest absolute Gasteiger partial charge is 0.478 e. The minimum Gasteiger partial charge on any atom is -0.478 e. The molecule has 12 nitrogen and oxygen atoms in total. The number of nitrogens with zero attached hydrogens (tertiary/aromatic N) is 1. The maximum absolute atomic E-state index is 13.8. The number of carboxylic acids is 2. The molecule has 0 unspecified atom stereocenters. The Balaban J connectivity index is 1.99. The number of benzene rings is 2. The second-order valence-corrected chi connectivity index (χ2v) is 15.1. The molecule has 0 bridgehead atoms. The van der Waals surface area contributed by atoms with Gasteiger partial charge in [0.25, 0.3) is 0 Å². The summed E-state index contributed by atoms with van der Waals surface area (Å²) in [6.45, 7) is 3.44. The molecule has 3 rings (SSSR count). The third-order valence-corrected chi connectivity index (χ3v) is 12.1. The predicted molar refractivity (Wildman–Crippen MR) is 137 cm³/mol. The van der Waals surface area contributed by atoms with E-state index in [1.54, 1.807) is 0 Å². The molecule has 208 valence electrons. The lowest BCUT2D eigenvalue weighted by Gasteiger charge is -2.37. The third kappa shape index (κ3) is 6.07. The van der Waals surface area contributed by atoms with Crippen LogP contribution in [0.25, 0.3) is 0 Å². The highest BCUT2D eigenvalue weighted by Crippen LogP contribution is 2.35. The molecule has 15 heteroatoms. The number of carbonyl (C=O) groups is 2. The van der Waals surface area contributed by atoms with Crippen molar-refractivity contribution in [2.45, 2.75) is 42.5 Å². The topological polar surface area (TPSA) is 192 Å². The summed E-state index contributed by atoms with van der Waals surface area (Å²) in [6.07, 6.45) is -0.0429. The van der Waals surface area contributed by atoms with Gasteiger partial charge in [-0.25, -0.2) is 39.6 Å². The second kappa shape index (κ2) is 10.4. The minimum absolute atomic E-state index is 0.0429. The Morgan fingerprint density at radius 3 is 1.92 bits per heavy atom. The van der Waals surface area contributed by atoms with Crippen LogP contribution in [0, 0.1) is 13.8 Å². The highest BCUT2D eigenvalue weighted by atomic mass is 32.2. The Morgan fingerprint density at radius 2 is 1.45 bits per heavy atom. The lowest BCUT2D eigenvalue weighted by atomic mass is 10.0. The Bertz CT molecular complexity index is 1620. The molecule has 2 aromatic carbocycles. The van der Waals surface area contributed by atoms with E-state index in [0.717, 1.165) is 16.4 Å². The van der Waals surface area contributed by atoms with Crippen LogP contribution in [0.5, 0.6) is 0 Å². The SMILES string of the molecule is Cc1ccc(C(=O)O)cc1S(=O)(=O)NCCN([C@]1(C)CCS(=O)(=O)C1)S(=O)(=O)c1cc(C(=O)O)ccc1C. The first-order valence-corrected chi connectivity index (χ1v) is 16.0. The summed E-state index contributed by atoms with van der Waals surface area (Å²) in [4.78, 5) is 22.1. The van der Waals surface area contributed by atoms with Gasteiger partial charge in [0.15, 0.2) is 9.84 Å². The Hall–Kier alpha value is -2.85. The number of carboxylic acid groups (broad SMARTS) is 2. The van der Waals surface area contributed by atoms with Gasteiger partial charge in [-0.3, -0.25) is 0 Å². The quantitative estimate of drug-likeness (QED) is 0.364. The van der Waals surface area contributed by atoms with Crippen LogP contribution in [0.1, 0.15) is 45.2 Å². The Labute approximate surface area is 221 Å². The lowest BCUT2D eigenvalue weighted by Crippen LogP contribution is -2.53. The highest BCUT2D eigenvalue weighted by Gasteiger charge is 2.48. The summed E-state index contributed by atoms with van der Waals surface area (Å²) >= 11 is 0. The van der Waals surface area contributed by atoms with Crippen molar-refractivity contribution in [1.82, 2.24) is 9.03 Å². The van der Waals surface area contributed by atoms with Crippen molar-refractivity contribution in [1.29, 1.82) is 0 Å². The fourth-order valence-corrected chi connectivity index (χ4v) is 9.95. The smallest absolute Gasteiger partial charge is 0.335 e. The van der Waals surface area contributed by atoms with Gasteiger partial charge in [-0.1, -0.05) is 12.1 Å². The average Bonchev–Trinajstić information content (AvgIpc) is 3.09. The fourth-order valence-electron chi connectivity index (χ4n) is 4.38. The van der Waals surface area contributed by atoms with Crippen molar-refractivity contribution in [2.24, 2.45) is 0 Å². The van der Waals surface area contributed by atoms with Crippen LogP contribution >= 0.6 is 0 Å². The fraction of sp³-hybridized carbons (Fsp3) is 0.391. The summed E-state index contributed by atoms with van der Waals surface area (Å²) in [5, 5.41) is 18.6. The number of hydrogen-bond acceptors (Lipinski definition) is 8. The average molecular weight is 589 g/mol. The van der Waals surface area contributed by atoms with Gasteiger partial charge in [-0.05, 0) is 62.6 Å². The zero-order chi connectivity index (χ0) is 28.7. The molecule has 1 aliphatic rings. The van der Waals surface area contributed by atoms with Gasteiger partial charge in [0, 0.05) is 18.6 Å². The number of sulfonamides is 2. The van der Waals surface area contributed by atoms with E-state index in [4.69, 9.17) is 0 Å². The van der Waals surface area contributed by atoms with Gasteiger partial charge in [-0.15, -0.1) is 0 Å². The zero-order valence-corrected chi connectivity index (χ0v) is 23.3. The molecule has 3 N–H and O–H groups in total. The summed E-state index contributed by atoms with van der Waals surface area (Å²) < 4.78 is 81.4. The maximum atomic E-state index is 13.8. The molecule has 1 saturated heterocycles. The summed E-state index contributed by atoms with van der Waals surface area (Å²) in [7, 11) is -12.4.